The summed E-state index contributed by atoms with van der Waals surface area (Å²) < 4.78 is 0. The van der Waals surface area contributed by atoms with Crippen LogP contribution >= 0.6 is 24.0 Å². The number of rotatable bonds is 3. The van der Waals surface area contributed by atoms with Gasteiger partial charge >= 0.3 is 0 Å². The van der Waals surface area contributed by atoms with Crippen molar-refractivity contribution < 1.29 is 4.79 Å². The first-order chi connectivity index (χ1) is 9.49. The van der Waals surface area contributed by atoms with Crippen LogP contribution in [0.15, 0.2) is 24.3 Å². The molecule has 21 heavy (non-hydrogen) atoms. The molecule has 118 valence electrons. The van der Waals surface area contributed by atoms with Crippen LogP contribution in [0.5, 0.6) is 0 Å². The van der Waals surface area contributed by atoms with E-state index in [2.05, 4.69) is 19.2 Å². The van der Waals surface area contributed by atoms with Gasteiger partial charge in [-0.3, -0.25) is 4.79 Å². The Morgan fingerprint density at radius 3 is 2.57 bits per heavy atom. The Morgan fingerprint density at radius 1 is 1.38 bits per heavy atom. The SMILES string of the molecule is CC(c1ccc(Cl)cc1)N(C)C(=O)[C@H]1CCN[C@@H](C)C1.Cl. The number of amides is 1. The fourth-order valence-corrected chi connectivity index (χ4v) is 2.93. The Balaban J connectivity index is 0.00000220. The lowest BCUT2D eigenvalue weighted by molar-refractivity contribution is -0.137. The summed E-state index contributed by atoms with van der Waals surface area (Å²) in [5.41, 5.74) is 1.12. The fraction of sp³-hybridized carbons (Fsp3) is 0.562. The molecule has 1 aromatic carbocycles. The van der Waals surface area contributed by atoms with Gasteiger partial charge in [0.05, 0.1) is 6.04 Å². The topological polar surface area (TPSA) is 32.3 Å². The van der Waals surface area contributed by atoms with E-state index in [-0.39, 0.29) is 30.3 Å². The minimum Gasteiger partial charge on any atom is -0.339 e. The van der Waals surface area contributed by atoms with E-state index in [4.69, 9.17) is 11.6 Å². The third kappa shape index (κ3) is 4.60. The summed E-state index contributed by atoms with van der Waals surface area (Å²) in [7, 11) is 1.90. The highest BCUT2D eigenvalue weighted by Crippen LogP contribution is 2.25. The highest BCUT2D eigenvalue weighted by atomic mass is 35.5. The van der Waals surface area contributed by atoms with Crippen LogP contribution in [0.4, 0.5) is 0 Å². The summed E-state index contributed by atoms with van der Waals surface area (Å²) in [4.78, 5) is 14.5. The van der Waals surface area contributed by atoms with Gasteiger partial charge in [0.2, 0.25) is 5.91 Å². The van der Waals surface area contributed by atoms with Crippen molar-refractivity contribution in [2.45, 2.75) is 38.8 Å². The molecule has 3 atom stereocenters. The number of benzene rings is 1. The molecule has 1 aliphatic rings. The molecule has 1 aliphatic heterocycles. The van der Waals surface area contributed by atoms with Gasteiger partial charge in [0, 0.05) is 24.0 Å². The zero-order chi connectivity index (χ0) is 14.7. The van der Waals surface area contributed by atoms with E-state index in [1.807, 2.05) is 36.2 Å². The summed E-state index contributed by atoms with van der Waals surface area (Å²) in [5.74, 6) is 0.395. The number of nitrogens with zero attached hydrogens (tertiary/aromatic N) is 1. The Labute approximate surface area is 138 Å². The predicted molar refractivity (Wildman–Crippen MR) is 90.1 cm³/mol. The van der Waals surface area contributed by atoms with Crippen molar-refractivity contribution >= 4 is 29.9 Å². The predicted octanol–water partition coefficient (Wildman–Crippen LogP) is 3.67. The monoisotopic (exact) mass is 330 g/mol. The highest BCUT2D eigenvalue weighted by Gasteiger charge is 2.29. The molecule has 0 spiro atoms. The van der Waals surface area contributed by atoms with E-state index in [0.29, 0.717) is 6.04 Å². The molecule has 1 heterocycles. The number of nitrogens with one attached hydrogen (secondary N) is 1. The second-order valence-corrected chi connectivity index (χ2v) is 6.19. The minimum atomic E-state index is 0. The second-order valence-electron chi connectivity index (χ2n) is 5.75. The summed E-state index contributed by atoms with van der Waals surface area (Å²) >= 11 is 5.91. The van der Waals surface area contributed by atoms with Crippen molar-refractivity contribution in [1.29, 1.82) is 0 Å². The summed E-state index contributed by atoms with van der Waals surface area (Å²) in [6.45, 7) is 5.13. The largest absolute Gasteiger partial charge is 0.339 e. The maximum atomic E-state index is 12.6. The molecule has 0 saturated carbocycles. The third-order valence-electron chi connectivity index (χ3n) is 4.25. The Kier molecular flexibility index (Phi) is 6.98. The van der Waals surface area contributed by atoms with Crippen molar-refractivity contribution in [3.63, 3.8) is 0 Å². The van der Waals surface area contributed by atoms with Crippen molar-refractivity contribution in [3.05, 3.63) is 34.9 Å². The van der Waals surface area contributed by atoms with Gasteiger partial charge in [-0.05, 0) is 50.9 Å². The summed E-state index contributed by atoms with van der Waals surface area (Å²) in [5, 5.41) is 4.11. The van der Waals surface area contributed by atoms with Crippen LogP contribution in [0.1, 0.15) is 38.3 Å². The van der Waals surface area contributed by atoms with Crippen molar-refractivity contribution in [1.82, 2.24) is 10.2 Å². The van der Waals surface area contributed by atoms with E-state index >= 15 is 0 Å². The Hall–Kier alpha value is -0.770. The van der Waals surface area contributed by atoms with Crippen molar-refractivity contribution in [2.75, 3.05) is 13.6 Å². The summed E-state index contributed by atoms with van der Waals surface area (Å²) in [6, 6.07) is 8.22. The Bertz CT molecular complexity index is 464. The molecule has 1 saturated heterocycles. The molecule has 2 rings (SSSR count). The normalized spacial score (nSPS) is 23.0. The zero-order valence-electron chi connectivity index (χ0n) is 12.8. The molecule has 1 fully saturated rings. The standard InChI is InChI=1S/C16H23ClN2O.ClH/c1-11-10-14(8-9-18-11)16(20)19(3)12(2)13-4-6-15(17)7-5-13;/h4-7,11-12,14,18H,8-10H2,1-3H3;1H/t11-,12?,14-;/m0./s1. The molecule has 0 bridgehead atoms. The van der Waals surface area contributed by atoms with Crippen molar-refractivity contribution in [3.8, 4) is 0 Å². The minimum absolute atomic E-state index is 0. The molecule has 3 nitrogen and oxygen atoms in total. The molecule has 0 radical (unpaired) electrons. The van der Waals surface area contributed by atoms with Crippen molar-refractivity contribution in [2.24, 2.45) is 5.92 Å². The molecular weight excluding hydrogens is 307 g/mol. The lowest BCUT2D eigenvalue weighted by Gasteiger charge is -2.33. The molecule has 5 heteroatoms. The van der Waals surface area contributed by atoms with Crippen LogP contribution in [0.2, 0.25) is 5.02 Å². The number of hydrogen-bond donors (Lipinski definition) is 1. The molecule has 1 aromatic rings. The lowest BCUT2D eigenvalue weighted by Crippen LogP contribution is -2.43. The van der Waals surface area contributed by atoms with E-state index in [1.165, 1.54) is 0 Å². The summed E-state index contributed by atoms with van der Waals surface area (Å²) in [6.07, 6.45) is 1.86. The first kappa shape index (κ1) is 18.3. The molecule has 0 aliphatic carbocycles. The van der Waals surface area contributed by atoms with Gasteiger partial charge in [-0.1, -0.05) is 23.7 Å². The number of carbonyl (C=O) groups is 1. The quantitative estimate of drug-likeness (QED) is 0.917. The number of carbonyl (C=O) groups excluding carboxylic acids is 1. The fourth-order valence-electron chi connectivity index (χ4n) is 2.80. The zero-order valence-corrected chi connectivity index (χ0v) is 14.4. The maximum Gasteiger partial charge on any atom is 0.226 e. The van der Waals surface area contributed by atoms with E-state index < -0.39 is 0 Å². The van der Waals surface area contributed by atoms with Crippen LogP contribution in [-0.2, 0) is 4.79 Å². The third-order valence-corrected chi connectivity index (χ3v) is 4.51. The molecule has 1 N–H and O–H groups in total. The average molecular weight is 331 g/mol. The van der Waals surface area contributed by atoms with Gasteiger partial charge in [0.25, 0.3) is 0 Å². The average Bonchev–Trinajstić information content (AvgIpc) is 2.46. The lowest BCUT2D eigenvalue weighted by atomic mass is 9.91. The van der Waals surface area contributed by atoms with Crippen LogP contribution < -0.4 is 5.32 Å². The van der Waals surface area contributed by atoms with Gasteiger partial charge in [-0.15, -0.1) is 12.4 Å². The van der Waals surface area contributed by atoms with E-state index in [0.717, 1.165) is 30.0 Å². The van der Waals surface area contributed by atoms with Crippen LogP contribution in [0.3, 0.4) is 0 Å². The van der Waals surface area contributed by atoms with Gasteiger partial charge in [-0.2, -0.15) is 0 Å². The van der Waals surface area contributed by atoms with E-state index in [1.54, 1.807) is 0 Å². The van der Waals surface area contributed by atoms with Gasteiger partial charge in [0.15, 0.2) is 0 Å². The van der Waals surface area contributed by atoms with E-state index in [9.17, 15) is 4.79 Å². The first-order valence-corrected chi connectivity index (χ1v) is 7.62. The smallest absolute Gasteiger partial charge is 0.226 e. The molecule has 1 unspecified atom stereocenters. The highest BCUT2D eigenvalue weighted by molar-refractivity contribution is 6.30. The number of halogens is 2. The maximum absolute atomic E-state index is 12.6. The van der Waals surface area contributed by atoms with Gasteiger partial charge in [0.1, 0.15) is 0 Å². The van der Waals surface area contributed by atoms with Crippen LogP contribution in [-0.4, -0.2) is 30.4 Å². The van der Waals surface area contributed by atoms with Gasteiger partial charge < -0.3 is 10.2 Å². The van der Waals surface area contributed by atoms with Crippen LogP contribution in [0.25, 0.3) is 0 Å². The second kappa shape index (κ2) is 8.02. The Morgan fingerprint density at radius 2 is 2.00 bits per heavy atom. The van der Waals surface area contributed by atoms with Crippen LogP contribution in [0, 0.1) is 5.92 Å². The first-order valence-electron chi connectivity index (χ1n) is 7.24. The number of hydrogen-bond acceptors (Lipinski definition) is 2. The number of piperidine rings is 1. The molecule has 1 amide bonds. The molecule has 0 aromatic heterocycles. The van der Waals surface area contributed by atoms with Gasteiger partial charge in [-0.25, -0.2) is 0 Å². The molecular formula is C16H24Cl2N2O.